The molecule has 1 aromatic rings. The number of aliphatic hydroxyl groups is 1. The Balaban J connectivity index is 2.45. The van der Waals surface area contributed by atoms with E-state index < -0.39 is 0 Å². The van der Waals surface area contributed by atoms with E-state index in [1.54, 1.807) is 11.5 Å². The maximum Gasteiger partial charge on any atom is 0.305 e. The molecule has 1 rings (SSSR count). The molecular formula is C9H15N3O3S. The van der Waals surface area contributed by atoms with E-state index >= 15 is 0 Å². The average molecular weight is 245 g/mol. The van der Waals surface area contributed by atoms with E-state index in [9.17, 15) is 4.79 Å². The summed E-state index contributed by atoms with van der Waals surface area (Å²) in [7, 11) is 0. The monoisotopic (exact) mass is 245 g/mol. The first-order valence-corrected chi connectivity index (χ1v) is 5.50. The van der Waals surface area contributed by atoms with Gasteiger partial charge in [0, 0.05) is 13.0 Å². The zero-order chi connectivity index (χ0) is 12.0. The third-order valence-corrected chi connectivity index (χ3v) is 2.36. The molecule has 0 saturated heterocycles. The SMILES string of the molecule is CCOC(=O)CCCn1c(CO)n[nH]c1=S. The van der Waals surface area contributed by atoms with E-state index in [-0.39, 0.29) is 12.6 Å². The van der Waals surface area contributed by atoms with Crippen LogP contribution in [0.1, 0.15) is 25.6 Å². The molecule has 0 unspecified atom stereocenters. The fourth-order valence-electron chi connectivity index (χ4n) is 1.32. The highest BCUT2D eigenvalue weighted by Crippen LogP contribution is 2.02. The van der Waals surface area contributed by atoms with Crippen molar-refractivity contribution in [3.63, 3.8) is 0 Å². The van der Waals surface area contributed by atoms with Crippen molar-refractivity contribution in [3.8, 4) is 0 Å². The molecule has 0 spiro atoms. The lowest BCUT2D eigenvalue weighted by atomic mass is 10.3. The smallest absolute Gasteiger partial charge is 0.305 e. The van der Waals surface area contributed by atoms with Gasteiger partial charge in [-0.25, -0.2) is 0 Å². The number of aromatic nitrogens is 3. The van der Waals surface area contributed by atoms with Crippen LogP contribution in [-0.4, -0.2) is 32.4 Å². The zero-order valence-corrected chi connectivity index (χ0v) is 9.92. The Hall–Kier alpha value is -1.21. The summed E-state index contributed by atoms with van der Waals surface area (Å²) in [6.07, 6.45) is 0.950. The summed E-state index contributed by atoms with van der Waals surface area (Å²) in [6, 6.07) is 0. The Morgan fingerprint density at radius 2 is 2.44 bits per heavy atom. The van der Waals surface area contributed by atoms with Gasteiger partial charge in [0.25, 0.3) is 0 Å². The number of H-pyrrole nitrogens is 1. The molecule has 16 heavy (non-hydrogen) atoms. The van der Waals surface area contributed by atoms with Gasteiger partial charge in [0.2, 0.25) is 0 Å². The van der Waals surface area contributed by atoms with Gasteiger partial charge in [-0.3, -0.25) is 9.89 Å². The van der Waals surface area contributed by atoms with Crippen molar-refractivity contribution in [1.82, 2.24) is 14.8 Å². The molecule has 7 heteroatoms. The topological polar surface area (TPSA) is 80.1 Å². The summed E-state index contributed by atoms with van der Waals surface area (Å²) in [5.41, 5.74) is 0. The number of hydrogen-bond donors (Lipinski definition) is 2. The second kappa shape index (κ2) is 6.39. The van der Waals surface area contributed by atoms with Gasteiger partial charge in [-0.05, 0) is 25.6 Å². The fraction of sp³-hybridized carbons (Fsp3) is 0.667. The van der Waals surface area contributed by atoms with Gasteiger partial charge in [0.15, 0.2) is 10.6 Å². The summed E-state index contributed by atoms with van der Waals surface area (Å²) in [4.78, 5) is 11.1. The first-order chi connectivity index (χ1) is 7.69. The predicted octanol–water partition coefficient (Wildman–Crippen LogP) is 0.776. The molecule has 0 aliphatic rings. The lowest BCUT2D eigenvalue weighted by Gasteiger charge is -2.04. The van der Waals surface area contributed by atoms with Gasteiger partial charge in [-0.2, -0.15) is 5.10 Å². The van der Waals surface area contributed by atoms with Crippen LogP contribution in [0.3, 0.4) is 0 Å². The van der Waals surface area contributed by atoms with Crippen molar-refractivity contribution in [1.29, 1.82) is 0 Å². The van der Waals surface area contributed by atoms with Gasteiger partial charge < -0.3 is 14.4 Å². The van der Waals surface area contributed by atoms with Crippen LogP contribution in [0.2, 0.25) is 0 Å². The average Bonchev–Trinajstić information content (AvgIpc) is 2.60. The van der Waals surface area contributed by atoms with Gasteiger partial charge in [0.1, 0.15) is 6.61 Å². The maximum absolute atomic E-state index is 11.1. The Bertz CT molecular complexity index is 399. The normalized spacial score (nSPS) is 10.4. The number of hydrogen-bond acceptors (Lipinski definition) is 5. The fourth-order valence-corrected chi connectivity index (χ4v) is 1.56. The molecule has 2 N–H and O–H groups in total. The second-order valence-corrected chi connectivity index (χ2v) is 3.55. The van der Waals surface area contributed by atoms with Crippen molar-refractivity contribution in [2.75, 3.05) is 6.61 Å². The number of aromatic amines is 1. The molecule has 6 nitrogen and oxygen atoms in total. The molecular weight excluding hydrogens is 230 g/mol. The van der Waals surface area contributed by atoms with Crippen LogP contribution in [-0.2, 0) is 22.7 Å². The Morgan fingerprint density at radius 1 is 1.69 bits per heavy atom. The van der Waals surface area contributed by atoms with Crippen LogP contribution in [0, 0.1) is 4.77 Å². The quantitative estimate of drug-likeness (QED) is 0.572. The zero-order valence-electron chi connectivity index (χ0n) is 9.10. The maximum atomic E-state index is 11.1. The van der Waals surface area contributed by atoms with Gasteiger partial charge in [-0.1, -0.05) is 0 Å². The standard InChI is InChI=1S/C9H15N3O3S/c1-2-15-8(14)4-3-5-12-7(6-13)10-11-9(12)16/h13H,2-6H2,1H3,(H,11,16). The van der Waals surface area contributed by atoms with E-state index in [0.717, 1.165) is 0 Å². The summed E-state index contributed by atoms with van der Waals surface area (Å²) in [5.74, 6) is 0.261. The minimum Gasteiger partial charge on any atom is -0.466 e. The third kappa shape index (κ3) is 3.42. The number of rotatable bonds is 6. The molecule has 0 aromatic carbocycles. The predicted molar refractivity (Wildman–Crippen MR) is 59.2 cm³/mol. The number of nitrogens with one attached hydrogen (secondary N) is 1. The molecule has 0 atom stereocenters. The Kier molecular flexibility index (Phi) is 5.13. The summed E-state index contributed by atoms with van der Waals surface area (Å²) in [6.45, 7) is 2.54. The van der Waals surface area contributed by atoms with Gasteiger partial charge >= 0.3 is 5.97 Å². The van der Waals surface area contributed by atoms with E-state index in [0.29, 0.717) is 36.6 Å². The van der Waals surface area contributed by atoms with Crippen LogP contribution >= 0.6 is 12.2 Å². The molecule has 0 aliphatic heterocycles. The number of nitrogens with zero attached hydrogens (tertiary/aromatic N) is 2. The number of aliphatic hydroxyl groups excluding tert-OH is 1. The van der Waals surface area contributed by atoms with Gasteiger partial charge in [0.05, 0.1) is 6.61 Å². The molecule has 0 radical (unpaired) electrons. The van der Waals surface area contributed by atoms with E-state index in [2.05, 4.69) is 10.2 Å². The number of carbonyl (C=O) groups is 1. The van der Waals surface area contributed by atoms with Crippen molar-refractivity contribution in [3.05, 3.63) is 10.6 Å². The lowest BCUT2D eigenvalue weighted by molar-refractivity contribution is -0.143. The van der Waals surface area contributed by atoms with Crippen molar-refractivity contribution >= 4 is 18.2 Å². The molecule has 90 valence electrons. The van der Waals surface area contributed by atoms with Crippen molar-refractivity contribution < 1.29 is 14.6 Å². The van der Waals surface area contributed by atoms with Gasteiger partial charge in [-0.15, -0.1) is 0 Å². The highest BCUT2D eigenvalue weighted by atomic mass is 32.1. The second-order valence-electron chi connectivity index (χ2n) is 3.16. The number of carbonyl (C=O) groups excluding carboxylic acids is 1. The minimum absolute atomic E-state index is 0.174. The third-order valence-electron chi connectivity index (χ3n) is 2.05. The van der Waals surface area contributed by atoms with Crippen LogP contribution < -0.4 is 0 Å². The van der Waals surface area contributed by atoms with E-state index in [4.69, 9.17) is 22.1 Å². The Morgan fingerprint density at radius 3 is 3.06 bits per heavy atom. The molecule has 0 saturated carbocycles. The van der Waals surface area contributed by atoms with Crippen LogP contribution in [0.15, 0.2) is 0 Å². The molecule has 0 fully saturated rings. The molecule has 0 bridgehead atoms. The van der Waals surface area contributed by atoms with Crippen LogP contribution in [0.5, 0.6) is 0 Å². The first-order valence-electron chi connectivity index (χ1n) is 5.09. The highest BCUT2D eigenvalue weighted by Gasteiger charge is 2.06. The highest BCUT2D eigenvalue weighted by molar-refractivity contribution is 7.71. The minimum atomic E-state index is -0.219. The summed E-state index contributed by atoms with van der Waals surface area (Å²) in [5, 5.41) is 15.4. The van der Waals surface area contributed by atoms with E-state index in [1.165, 1.54) is 0 Å². The molecule has 1 aromatic heterocycles. The number of ether oxygens (including phenoxy) is 1. The lowest BCUT2D eigenvalue weighted by Crippen LogP contribution is -2.08. The van der Waals surface area contributed by atoms with Crippen molar-refractivity contribution in [2.45, 2.75) is 32.9 Å². The first kappa shape index (κ1) is 12.9. The van der Waals surface area contributed by atoms with Crippen LogP contribution in [0.25, 0.3) is 0 Å². The van der Waals surface area contributed by atoms with Crippen molar-refractivity contribution in [2.24, 2.45) is 0 Å². The largest absolute Gasteiger partial charge is 0.466 e. The Labute approximate surface area is 98.2 Å². The summed E-state index contributed by atoms with van der Waals surface area (Å²) < 4.78 is 6.93. The molecule has 1 heterocycles. The molecule has 0 aliphatic carbocycles. The van der Waals surface area contributed by atoms with Crippen LogP contribution in [0.4, 0.5) is 0 Å². The number of esters is 1. The summed E-state index contributed by atoms with van der Waals surface area (Å²) >= 11 is 4.99. The molecule has 0 amide bonds. The van der Waals surface area contributed by atoms with E-state index in [1.807, 2.05) is 0 Å².